The molecule has 0 heterocycles. The average molecular weight is 495 g/mol. The lowest BCUT2D eigenvalue weighted by Crippen LogP contribution is -2.16. The molecule has 3 aromatic rings. The van der Waals surface area contributed by atoms with E-state index in [2.05, 4.69) is 10.0 Å². The third-order valence-corrected chi connectivity index (χ3v) is 6.50. The zero-order chi connectivity index (χ0) is 23.3. The Morgan fingerprint density at radius 2 is 1.72 bits per heavy atom. The van der Waals surface area contributed by atoms with Crippen molar-refractivity contribution in [3.05, 3.63) is 76.3 Å². The highest BCUT2D eigenvalue weighted by atomic mass is 35.5. The standard InChI is InChI=1S/C22H20Cl2N2O5S/c1-3-31-19-11-8-14(12-20(19)30-2)22(27)25-15-9-10-17(24)21(13-15)32(28,29)26-18-7-5-4-6-16(18)23/h4-13,26H,3H2,1-2H3,(H,25,27). The van der Waals surface area contributed by atoms with Crippen LogP contribution in [-0.4, -0.2) is 28.0 Å². The Hall–Kier alpha value is -2.94. The average Bonchev–Trinajstić information content (AvgIpc) is 2.77. The summed E-state index contributed by atoms with van der Waals surface area (Å²) in [5, 5.41) is 2.89. The minimum atomic E-state index is -4.07. The molecule has 0 unspecified atom stereocenters. The number of carbonyl (C=O) groups is 1. The first-order valence-electron chi connectivity index (χ1n) is 9.44. The molecule has 2 N–H and O–H groups in total. The van der Waals surface area contributed by atoms with Crippen LogP contribution in [0.2, 0.25) is 10.0 Å². The largest absolute Gasteiger partial charge is 0.493 e. The normalized spacial score (nSPS) is 11.0. The summed E-state index contributed by atoms with van der Waals surface area (Å²) >= 11 is 12.2. The maximum atomic E-state index is 12.9. The lowest BCUT2D eigenvalue weighted by atomic mass is 10.2. The molecule has 0 saturated heterocycles. The molecule has 7 nitrogen and oxygen atoms in total. The molecular formula is C22H20Cl2N2O5S. The number of amides is 1. The highest BCUT2D eigenvalue weighted by Gasteiger charge is 2.21. The highest BCUT2D eigenvalue weighted by Crippen LogP contribution is 2.31. The van der Waals surface area contributed by atoms with E-state index in [1.165, 1.54) is 37.4 Å². The zero-order valence-corrected chi connectivity index (χ0v) is 19.5. The molecule has 0 atom stereocenters. The predicted molar refractivity (Wildman–Crippen MR) is 126 cm³/mol. The van der Waals surface area contributed by atoms with Crippen molar-refractivity contribution in [2.24, 2.45) is 0 Å². The molecule has 0 radical (unpaired) electrons. The maximum Gasteiger partial charge on any atom is 0.263 e. The number of benzene rings is 3. The number of hydrogen-bond acceptors (Lipinski definition) is 5. The molecule has 0 aliphatic rings. The summed E-state index contributed by atoms with van der Waals surface area (Å²) in [4.78, 5) is 12.5. The molecule has 0 spiro atoms. The van der Waals surface area contributed by atoms with Crippen LogP contribution in [0.25, 0.3) is 0 Å². The third-order valence-electron chi connectivity index (χ3n) is 4.32. The van der Waals surface area contributed by atoms with Gasteiger partial charge in [-0.1, -0.05) is 35.3 Å². The Morgan fingerprint density at radius 3 is 2.41 bits per heavy atom. The summed E-state index contributed by atoms with van der Waals surface area (Å²) in [5.41, 5.74) is 0.756. The lowest BCUT2D eigenvalue weighted by molar-refractivity contribution is 0.102. The molecule has 0 bridgehead atoms. The van der Waals surface area contributed by atoms with E-state index in [1.54, 1.807) is 30.3 Å². The Balaban J connectivity index is 1.86. The van der Waals surface area contributed by atoms with Gasteiger partial charge in [0.15, 0.2) is 11.5 Å². The van der Waals surface area contributed by atoms with Crippen molar-refractivity contribution in [2.45, 2.75) is 11.8 Å². The number of ether oxygens (including phenoxy) is 2. The maximum absolute atomic E-state index is 12.9. The molecule has 0 saturated carbocycles. The second-order valence-electron chi connectivity index (χ2n) is 6.48. The fraction of sp³-hybridized carbons (Fsp3) is 0.136. The SMILES string of the molecule is CCOc1ccc(C(=O)Nc2ccc(Cl)c(S(=O)(=O)Nc3ccccc3Cl)c2)cc1OC. The first kappa shape index (κ1) is 23.7. The van der Waals surface area contributed by atoms with Crippen LogP contribution in [0.4, 0.5) is 11.4 Å². The van der Waals surface area contributed by atoms with Crippen molar-refractivity contribution in [1.82, 2.24) is 0 Å². The van der Waals surface area contributed by atoms with E-state index in [1.807, 2.05) is 6.92 Å². The molecule has 168 valence electrons. The number of nitrogens with one attached hydrogen (secondary N) is 2. The van der Waals surface area contributed by atoms with Gasteiger partial charge < -0.3 is 14.8 Å². The van der Waals surface area contributed by atoms with E-state index >= 15 is 0 Å². The van der Waals surface area contributed by atoms with Gasteiger partial charge in [-0.2, -0.15) is 0 Å². The molecule has 0 aliphatic heterocycles. The number of anilines is 2. The molecule has 0 fully saturated rings. The van der Waals surface area contributed by atoms with Gasteiger partial charge in [0, 0.05) is 11.3 Å². The summed E-state index contributed by atoms with van der Waals surface area (Å²) in [7, 11) is -2.59. The van der Waals surface area contributed by atoms with Crippen molar-refractivity contribution >= 4 is 50.5 Å². The van der Waals surface area contributed by atoms with Gasteiger partial charge >= 0.3 is 0 Å². The van der Waals surface area contributed by atoms with Gasteiger partial charge in [-0.15, -0.1) is 0 Å². The number of methoxy groups -OCH3 is 1. The second kappa shape index (κ2) is 10.1. The van der Waals surface area contributed by atoms with E-state index in [0.717, 1.165) is 0 Å². The lowest BCUT2D eigenvalue weighted by Gasteiger charge is -2.13. The van der Waals surface area contributed by atoms with E-state index in [9.17, 15) is 13.2 Å². The van der Waals surface area contributed by atoms with E-state index < -0.39 is 15.9 Å². The zero-order valence-electron chi connectivity index (χ0n) is 17.2. The van der Waals surface area contributed by atoms with Crippen LogP contribution in [0, 0.1) is 0 Å². The first-order valence-corrected chi connectivity index (χ1v) is 11.7. The fourth-order valence-corrected chi connectivity index (χ4v) is 4.66. The molecule has 32 heavy (non-hydrogen) atoms. The number of rotatable bonds is 8. The first-order chi connectivity index (χ1) is 15.2. The smallest absolute Gasteiger partial charge is 0.263 e. The highest BCUT2D eigenvalue weighted by molar-refractivity contribution is 7.92. The van der Waals surface area contributed by atoms with E-state index in [-0.39, 0.29) is 26.3 Å². The van der Waals surface area contributed by atoms with Crippen molar-refractivity contribution in [3.8, 4) is 11.5 Å². The fourth-order valence-electron chi connectivity index (χ4n) is 2.82. The molecule has 0 aliphatic carbocycles. The van der Waals surface area contributed by atoms with Gasteiger partial charge in [-0.3, -0.25) is 9.52 Å². The summed E-state index contributed by atoms with van der Waals surface area (Å²) in [6, 6.07) is 15.3. The topological polar surface area (TPSA) is 93.7 Å². The quantitative estimate of drug-likeness (QED) is 0.433. The minimum Gasteiger partial charge on any atom is -0.493 e. The van der Waals surface area contributed by atoms with Crippen LogP contribution < -0.4 is 19.5 Å². The molecule has 3 rings (SSSR count). The van der Waals surface area contributed by atoms with Crippen LogP contribution in [0.3, 0.4) is 0 Å². The number of sulfonamides is 1. The summed E-state index contributed by atoms with van der Waals surface area (Å²) in [6.45, 7) is 2.29. The van der Waals surface area contributed by atoms with Gasteiger partial charge in [0.1, 0.15) is 4.90 Å². The van der Waals surface area contributed by atoms with Crippen LogP contribution in [0.1, 0.15) is 17.3 Å². The van der Waals surface area contributed by atoms with Crippen LogP contribution in [-0.2, 0) is 10.0 Å². The predicted octanol–water partition coefficient (Wildman–Crippen LogP) is 5.45. The Kier molecular flexibility index (Phi) is 7.50. The summed E-state index contributed by atoms with van der Waals surface area (Å²) in [5.74, 6) is 0.455. The van der Waals surface area contributed by atoms with E-state index in [0.29, 0.717) is 23.7 Å². The van der Waals surface area contributed by atoms with E-state index in [4.69, 9.17) is 32.7 Å². The monoisotopic (exact) mass is 494 g/mol. The number of para-hydroxylation sites is 1. The Morgan fingerprint density at radius 1 is 0.969 bits per heavy atom. The van der Waals surface area contributed by atoms with Crippen molar-refractivity contribution < 1.29 is 22.7 Å². The second-order valence-corrected chi connectivity index (χ2v) is 8.95. The molecule has 10 heteroatoms. The van der Waals surface area contributed by atoms with Crippen LogP contribution >= 0.6 is 23.2 Å². The molecule has 1 amide bonds. The molecule has 0 aromatic heterocycles. The van der Waals surface area contributed by atoms with Crippen molar-refractivity contribution in [1.29, 1.82) is 0 Å². The van der Waals surface area contributed by atoms with Gasteiger partial charge in [0.2, 0.25) is 0 Å². The summed E-state index contributed by atoms with van der Waals surface area (Å²) < 4.78 is 38.9. The van der Waals surface area contributed by atoms with Gasteiger partial charge in [0.05, 0.1) is 29.4 Å². The summed E-state index contributed by atoms with van der Waals surface area (Å²) in [6.07, 6.45) is 0. The Labute approximate surface area is 196 Å². The van der Waals surface area contributed by atoms with Gasteiger partial charge in [-0.05, 0) is 55.5 Å². The number of halogens is 2. The molecular weight excluding hydrogens is 475 g/mol. The minimum absolute atomic E-state index is 0.00899. The van der Waals surface area contributed by atoms with Gasteiger partial charge in [-0.25, -0.2) is 8.42 Å². The van der Waals surface area contributed by atoms with Crippen LogP contribution in [0.5, 0.6) is 11.5 Å². The number of hydrogen-bond donors (Lipinski definition) is 2. The van der Waals surface area contributed by atoms with Crippen molar-refractivity contribution in [3.63, 3.8) is 0 Å². The van der Waals surface area contributed by atoms with Crippen LogP contribution in [0.15, 0.2) is 65.6 Å². The Bertz CT molecular complexity index is 1250. The van der Waals surface area contributed by atoms with Gasteiger partial charge in [0.25, 0.3) is 15.9 Å². The third kappa shape index (κ3) is 5.45. The number of carbonyl (C=O) groups excluding carboxylic acids is 1. The molecule has 3 aromatic carbocycles. The van der Waals surface area contributed by atoms with Crippen molar-refractivity contribution in [2.75, 3.05) is 23.8 Å².